The standard InChI is InChI=1S/C26H38O4/c1-15-9-17(13-25(3,4)11-15)21-19(23(27)28)7-8-20(24(29)30)22(21)18-10-16(2)12-26(5,6)14-18/h7-8,15-18H,9-14H2,1-6H3,(H,27,28)(H,29,30). The normalized spacial score (nSPS) is 30.6. The average Bonchev–Trinajstić information content (AvgIpc) is 2.56. The predicted molar refractivity (Wildman–Crippen MR) is 119 cm³/mol. The van der Waals surface area contributed by atoms with Crippen LogP contribution in [0, 0.1) is 22.7 Å². The van der Waals surface area contributed by atoms with E-state index in [1.54, 1.807) is 0 Å². The van der Waals surface area contributed by atoms with Crippen LogP contribution in [0.4, 0.5) is 0 Å². The van der Waals surface area contributed by atoms with Crippen molar-refractivity contribution in [2.45, 2.75) is 91.9 Å². The zero-order chi connectivity index (χ0) is 22.4. The third-order valence-corrected chi connectivity index (χ3v) is 7.34. The van der Waals surface area contributed by atoms with E-state index < -0.39 is 11.9 Å². The fraction of sp³-hybridized carbons (Fsp3) is 0.692. The van der Waals surface area contributed by atoms with Gasteiger partial charge in [0, 0.05) is 0 Å². The molecule has 0 amide bonds. The Balaban J connectivity index is 2.24. The minimum atomic E-state index is -0.942. The molecule has 4 heteroatoms. The molecule has 4 unspecified atom stereocenters. The molecule has 0 spiro atoms. The maximum absolute atomic E-state index is 12.3. The van der Waals surface area contributed by atoms with Gasteiger partial charge in [0.25, 0.3) is 0 Å². The fourth-order valence-electron chi connectivity index (χ4n) is 7.02. The molecule has 166 valence electrons. The van der Waals surface area contributed by atoms with Crippen molar-refractivity contribution in [3.63, 3.8) is 0 Å². The Kier molecular flexibility index (Phi) is 6.10. The summed E-state index contributed by atoms with van der Waals surface area (Å²) in [4.78, 5) is 24.5. The topological polar surface area (TPSA) is 74.6 Å². The lowest BCUT2D eigenvalue weighted by Crippen LogP contribution is -2.31. The molecular formula is C26H38O4. The zero-order valence-corrected chi connectivity index (χ0v) is 19.4. The lowest BCUT2D eigenvalue weighted by molar-refractivity contribution is 0.0674. The van der Waals surface area contributed by atoms with E-state index in [2.05, 4.69) is 41.5 Å². The van der Waals surface area contributed by atoms with Crippen LogP contribution in [0.1, 0.15) is 124 Å². The molecule has 4 atom stereocenters. The van der Waals surface area contributed by atoms with Crippen LogP contribution in [0.3, 0.4) is 0 Å². The molecular weight excluding hydrogens is 376 g/mol. The van der Waals surface area contributed by atoms with Crippen LogP contribution in [0.25, 0.3) is 0 Å². The van der Waals surface area contributed by atoms with Gasteiger partial charge >= 0.3 is 11.9 Å². The monoisotopic (exact) mass is 414 g/mol. The maximum atomic E-state index is 12.3. The first-order chi connectivity index (χ1) is 13.8. The molecule has 0 aliphatic heterocycles. The molecule has 4 nitrogen and oxygen atoms in total. The molecule has 1 aromatic carbocycles. The molecule has 2 aliphatic carbocycles. The fourth-order valence-corrected chi connectivity index (χ4v) is 7.02. The van der Waals surface area contributed by atoms with Gasteiger partial charge in [-0.3, -0.25) is 0 Å². The van der Waals surface area contributed by atoms with Crippen molar-refractivity contribution < 1.29 is 19.8 Å². The lowest BCUT2D eigenvalue weighted by Gasteiger charge is -2.43. The highest BCUT2D eigenvalue weighted by Crippen LogP contribution is 2.52. The molecule has 2 fully saturated rings. The van der Waals surface area contributed by atoms with Gasteiger partial charge in [0.2, 0.25) is 0 Å². The Morgan fingerprint density at radius 3 is 1.33 bits per heavy atom. The van der Waals surface area contributed by atoms with E-state index in [1.807, 2.05) is 0 Å². The van der Waals surface area contributed by atoms with E-state index in [0.29, 0.717) is 23.0 Å². The van der Waals surface area contributed by atoms with E-state index in [4.69, 9.17) is 0 Å². The Morgan fingerprint density at radius 1 is 0.733 bits per heavy atom. The summed E-state index contributed by atoms with van der Waals surface area (Å²) in [5.74, 6) is -0.731. The molecule has 3 rings (SSSR count). The maximum Gasteiger partial charge on any atom is 0.335 e. The van der Waals surface area contributed by atoms with Crippen molar-refractivity contribution >= 4 is 11.9 Å². The molecule has 30 heavy (non-hydrogen) atoms. The van der Waals surface area contributed by atoms with Gasteiger partial charge in [0.05, 0.1) is 11.1 Å². The number of hydrogen-bond acceptors (Lipinski definition) is 2. The van der Waals surface area contributed by atoms with Crippen LogP contribution >= 0.6 is 0 Å². The SMILES string of the molecule is CC1CC(c2c(C(=O)O)ccc(C(=O)O)c2C2CC(C)CC(C)(C)C2)CC(C)(C)C1. The van der Waals surface area contributed by atoms with Crippen LogP contribution in [0.2, 0.25) is 0 Å². The first-order valence-electron chi connectivity index (χ1n) is 11.4. The molecule has 0 bridgehead atoms. The summed E-state index contributed by atoms with van der Waals surface area (Å²) >= 11 is 0. The highest BCUT2D eigenvalue weighted by molar-refractivity contribution is 5.95. The van der Waals surface area contributed by atoms with Crippen LogP contribution in [0.5, 0.6) is 0 Å². The second-order valence-electron chi connectivity index (χ2n) is 11.8. The summed E-state index contributed by atoms with van der Waals surface area (Å²) < 4.78 is 0. The minimum absolute atomic E-state index is 0.0875. The van der Waals surface area contributed by atoms with Crippen molar-refractivity contribution in [3.8, 4) is 0 Å². The van der Waals surface area contributed by atoms with Crippen molar-refractivity contribution in [3.05, 3.63) is 34.4 Å². The Hall–Kier alpha value is -1.84. The molecule has 0 aromatic heterocycles. The molecule has 0 saturated heterocycles. The van der Waals surface area contributed by atoms with Crippen molar-refractivity contribution in [2.24, 2.45) is 22.7 Å². The summed E-state index contributed by atoms with van der Waals surface area (Å²) in [5, 5.41) is 20.1. The van der Waals surface area contributed by atoms with Crippen LogP contribution in [-0.4, -0.2) is 22.2 Å². The van der Waals surface area contributed by atoms with Gasteiger partial charge in [-0.1, -0.05) is 41.5 Å². The second-order valence-corrected chi connectivity index (χ2v) is 11.8. The number of aromatic carboxylic acids is 2. The summed E-state index contributed by atoms with van der Waals surface area (Å²) in [6, 6.07) is 3.07. The number of benzene rings is 1. The number of rotatable bonds is 4. The van der Waals surface area contributed by atoms with E-state index in [-0.39, 0.29) is 22.7 Å². The summed E-state index contributed by atoms with van der Waals surface area (Å²) in [6.07, 6.45) is 5.89. The van der Waals surface area contributed by atoms with Gasteiger partial charge in [-0.25, -0.2) is 9.59 Å². The Bertz CT molecular complexity index is 767. The van der Waals surface area contributed by atoms with Gasteiger partial charge in [-0.05, 0) is 96.3 Å². The van der Waals surface area contributed by atoms with Crippen molar-refractivity contribution in [1.29, 1.82) is 0 Å². The molecule has 1 aromatic rings. The second kappa shape index (κ2) is 8.01. The lowest BCUT2D eigenvalue weighted by atomic mass is 9.61. The minimum Gasteiger partial charge on any atom is -0.478 e. The highest BCUT2D eigenvalue weighted by atomic mass is 16.4. The molecule has 0 heterocycles. The van der Waals surface area contributed by atoms with Crippen molar-refractivity contribution in [1.82, 2.24) is 0 Å². The van der Waals surface area contributed by atoms with E-state index in [9.17, 15) is 19.8 Å². The first kappa shape index (κ1) is 22.8. The van der Waals surface area contributed by atoms with Crippen LogP contribution in [-0.2, 0) is 0 Å². The van der Waals surface area contributed by atoms with Crippen molar-refractivity contribution in [2.75, 3.05) is 0 Å². The third-order valence-electron chi connectivity index (χ3n) is 7.34. The van der Waals surface area contributed by atoms with Gasteiger partial charge < -0.3 is 10.2 Å². The Labute approximate surface area is 181 Å². The van der Waals surface area contributed by atoms with E-state index >= 15 is 0 Å². The quantitative estimate of drug-likeness (QED) is 0.559. The van der Waals surface area contributed by atoms with Gasteiger partial charge in [0.1, 0.15) is 0 Å². The van der Waals surface area contributed by atoms with Gasteiger partial charge in [-0.15, -0.1) is 0 Å². The van der Waals surface area contributed by atoms with Gasteiger partial charge in [-0.2, -0.15) is 0 Å². The number of carboxylic acids is 2. The number of carboxylic acid groups (broad SMARTS) is 2. The molecule has 2 N–H and O–H groups in total. The molecule has 2 saturated carbocycles. The average molecular weight is 415 g/mol. The summed E-state index contributed by atoms with van der Waals surface area (Å²) in [5.41, 5.74) is 2.48. The zero-order valence-electron chi connectivity index (χ0n) is 19.4. The van der Waals surface area contributed by atoms with Crippen LogP contribution in [0.15, 0.2) is 12.1 Å². The highest BCUT2D eigenvalue weighted by Gasteiger charge is 2.40. The smallest absolute Gasteiger partial charge is 0.335 e. The summed E-state index contributed by atoms with van der Waals surface area (Å²) in [7, 11) is 0. The molecule has 2 aliphatic rings. The van der Waals surface area contributed by atoms with E-state index in [0.717, 1.165) is 49.7 Å². The number of carbonyl (C=O) groups is 2. The number of hydrogen-bond donors (Lipinski definition) is 2. The predicted octanol–water partition coefficient (Wildman–Crippen LogP) is 6.94. The third kappa shape index (κ3) is 4.73. The van der Waals surface area contributed by atoms with Gasteiger partial charge in [0.15, 0.2) is 0 Å². The first-order valence-corrected chi connectivity index (χ1v) is 11.4. The largest absolute Gasteiger partial charge is 0.478 e. The Morgan fingerprint density at radius 2 is 1.07 bits per heavy atom. The summed E-state index contributed by atoms with van der Waals surface area (Å²) in [6.45, 7) is 13.5. The van der Waals surface area contributed by atoms with Crippen LogP contribution < -0.4 is 0 Å². The molecule has 0 radical (unpaired) electrons. The van der Waals surface area contributed by atoms with E-state index in [1.165, 1.54) is 12.1 Å².